The summed E-state index contributed by atoms with van der Waals surface area (Å²) in [4.78, 5) is 36.7. The number of esters is 1. The zero-order valence-corrected chi connectivity index (χ0v) is 20.3. The van der Waals surface area contributed by atoms with Crippen molar-refractivity contribution in [2.24, 2.45) is 5.92 Å². The maximum atomic E-state index is 12.6. The van der Waals surface area contributed by atoms with E-state index in [9.17, 15) is 22.8 Å². The highest BCUT2D eigenvalue weighted by Gasteiger charge is 2.30. The topological polar surface area (TPSA) is 149 Å². The number of hydrogen-bond acceptors (Lipinski definition) is 8. The van der Waals surface area contributed by atoms with E-state index in [0.717, 1.165) is 5.56 Å². The van der Waals surface area contributed by atoms with Crippen molar-refractivity contribution in [2.45, 2.75) is 31.7 Å². The summed E-state index contributed by atoms with van der Waals surface area (Å²) < 4.78 is 43.4. The number of carbonyl (C=O) groups excluding carboxylic acids is 3. The van der Waals surface area contributed by atoms with Gasteiger partial charge in [0.1, 0.15) is 19.3 Å². The van der Waals surface area contributed by atoms with Gasteiger partial charge >= 0.3 is 12.0 Å². The highest BCUT2D eigenvalue weighted by molar-refractivity contribution is 7.89. The van der Waals surface area contributed by atoms with Gasteiger partial charge in [0, 0.05) is 11.8 Å². The Balaban J connectivity index is 1.52. The predicted molar refractivity (Wildman–Crippen MR) is 126 cm³/mol. The van der Waals surface area contributed by atoms with E-state index >= 15 is 0 Å². The fourth-order valence-corrected chi connectivity index (χ4v) is 4.41. The lowest BCUT2D eigenvalue weighted by Gasteiger charge is -2.21. The Morgan fingerprint density at radius 3 is 2.31 bits per heavy atom. The van der Waals surface area contributed by atoms with Crippen LogP contribution in [0.5, 0.6) is 11.5 Å². The quantitative estimate of drug-likeness (QED) is 0.461. The minimum absolute atomic E-state index is 0.00453. The molecule has 11 nitrogen and oxygen atoms in total. The van der Waals surface area contributed by atoms with Crippen molar-refractivity contribution < 1.29 is 37.0 Å². The van der Waals surface area contributed by atoms with Crippen LogP contribution in [0, 0.1) is 12.8 Å². The highest BCUT2D eigenvalue weighted by Crippen LogP contribution is 2.32. The second-order valence-electron chi connectivity index (χ2n) is 8.12. The van der Waals surface area contributed by atoms with E-state index in [4.69, 9.17) is 14.2 Å². The lowest BCUT2D eigenvalue weighted by molar-refractivity contribution is -0.150. The molecule has 0 fully saturated rings. The molecule has 35 heavy (non-hydrogen) atoms. The Hall–Kier alpha value is -3.64. The van der Waals surface area contributed by atoms with Crippen molar-refractivity contribution in [2.75, 3.05) is 25.1 Å². The van der Waals surface area contributed by atoms with E-state index in [-0.39, 0.29) is 4.90 Å². The molecule has 0 saturated carbocycles. The van der Waals surface area contributed by atoms with Crippen molar-refractivity contribution in [3.05, 3.63) is 48.0 Å². The van der Waals surface area contributed by atoms with Crippen molar-refractivity contribution >= 4 is 33.6 Å². The van der Waals surface area contributed by atoms with E-state index in [0.29, 0.717) is 30.4 Å². The van der Waals surface area contributed by atoms with Gasteiger partial charge in [0.15, 0.2) is 18.1 Å². The second kappa shape index (κ2) is 11.2. The van der Waals surface area contributed by atoms with Gasteiger partial charge in [-0.1, -0.05) is 31.5 Å². The number of urea groups is 1. The number of imide groups is 1. The van der Waals surface area contributed by atoms with Gasteiger partial charge in [-0.15, -0.1) is 0 Å². The monoisotopic (exact) mass is 505 g/mol. The van der Waals surface area contributed by atoms with Crippen LogP contribution in [0.25, 0.3) is 0 Å². The summed E-state index contributed by atoms with van der Waals surface area (Å²) in [6.45, 7) is 5.11. The van der Waals surface area contributed by atoms with Gasteiger partial charge in [-0.25, -0.2) is 13.2 Å². The molecule has 0 saturated heterocycles. The number of aryl methyl sites for hydroxylation is 1. The molecular formula is C23H27N3O8S. The molecule has 0 aromatic heterocycles. The summed E-state index contributed by atoms with van der Waals surface area (Å²) in [5, 5.41) is 4.50. The first kappa shape index (κ1) is 26.0. The summed E-state index contributed by atoms with van der Waals surface area (Å²) in [5.41, 5.74) is 1.25. The maximum absolute atomic E-state index is 12.6. The number of anilines is 1. The molecule has 0 spiro atoms. The van der Waals surface area contributed by atoms with Crippen LogP contribution in [0.2, 0.25) is 0 Å². The Morgan fingerprint density at radius 1 is 1.00 bits per heavy atom. The number of amides is 3. The van der Waals surface area contributed by atoms with Crippen molar-refractivity contribution in [1.29, 1.82) is 0 Å². The number of hydrogen-bond donors (Lipinski definition) is 3. The average Bonchev–Trinajstić information content (AvgIpc) is 2.81. The molecule has 1 aliphatic heterocycles. The number of sulfonamides is 1. The second-order valence-corrected chi connectivity index (χ2v) is 9.84. The van der Waals surface area contributed by atoms with Gasteiger partial charge in [-0.2, -0.15) is 4.72 Å². The van der Waals surface area contributed by atoms with Crippen LogP contribution in [0.1, 0.15) is 19.4 Å². The summed E-state index contributed by atoms with van der Waals surface area (Å²) in [6, 6.07) is 8.79. The SMILES string of the molecule is Cc1ccc(S(=O)(=O)N[C@H](C(=O)OCC(=O)NC(=O)Nc2ccc3c(c2)OCCO3)C(C)C)cc1. The summed E-state index contributed by atoms with van der Waals surface area (Å²) >= 11 is 0. The van der Waals surface area contributed by atoms with Gasteiger partial charge < -0.3 is 19.5 Å². The Morgan fingerprint density at radius 2 is 1.66 bits per heavy atom. The molecule has 0 bridgehead atoms. The van der Waals surface area contributed by atoms with Crippen LogP contribution in [0.3, 0.4) is 0 Å². The Kier molecular flexibility index (Phi) is 8.30. The lowest BCUT2D eigenvalue weighted by Crippen LogP contribution is -2.46. The van der Waals surface area contributed by atoms with Crippen LogP contribution in [0.15, 0.2) is 47.4 Å². The normalized spacial score (nSPS) is 13.6. The predicted octanol–water partition coefficient (Wildman–Crippen LogP) is 1.96. The third kappa shape index (κ3) is 7.17. The minimum atomic E-state index is -4.00. The first-order chi connectivity index (χ1) is 16.5. The van der Waals surface area contributed by atoms with Crippen LogP contribution in [-0.4, -0.2) is 52.2 Å². The molecule has 3 rings (SSSR count). The van der Waals surface area contributed by atoms with E-state index < -0.39 is 46.5 Å². The number of rotatable bonds is 8. The summed E-state index contributed by atoms with van der Waals surface area (Å²) in [7, 11) is -4.00. The number of ether oxygens (including phenoxy) is 3. The lowest BCUT2D eigenvalue weighted by atomic mass is 10.1. The maximum Gasteiger partial charge on any atom is 0.325 e. The zero-order valence-electron chi connectivity index (χ0n) is 19.5. The van der Waals surface area contributed by atoms with Gasteiger partial charge in [0.2, 0.25) is 10.0 Å². The van der Waals surface area contributed by atoms with Crippen LogP contribution in [0.4, 0.5) is 10.5 Å². The Labute approximate surface area is 203 Å². The van der Waals surface area contributed by atoms with Crippen molar-refractivity contribution in [1.82, 2.24) is 10.0 Å². The fraction of sp³-hybridized carbons (Fsp3) is 0.348. The molecule has 3 amide bonds. The molecule has 1 atom stereocenters. The standard InChI is InChI=1S/C23H27N3O8S/c1-14(2)21(26-35(30,31)17-7-4-15(3)5-8-17)22(28)34-13-20(27)25-23(29)24-16-6-9-18-19(12-16)33-11-10-32-18/h4-9,12,14,21,26H,10-11,13H2,1-3H3,(H2,24,25,27,29)/t21-/m0/s1. The van der Waals surface area contributed by atoms with Crippen LogP contribution >= 0.6 is 0 Å². The molecule has 0 unspecified atom stereocenters. The largest absolute Gasteiger partial charge is 0.486 e. The zero-order chi connectivity index (χ0) is 25.6. The van der Waals surface area contributed by atoms with Gasteiger partial charge in [-0.3, -0.25) is 14.9 Å². The van der Waals surface area contributed by atoms with Crippen molar-refractivity contribution in [3.63, 3.8) is 0 Å². The minimum Gasteiger partial charge on any atom is -0.486 e. The third-order valence-electron chi connectivity index (χ3n) is 4.93. The molecule has 1 aliphatic rings. The van der Waals surface area contributed by atoms with Crippen molar-refractivity contribution in [3.8, 4) is 11.5 Å². The first-order valence-electron chi connectivity index (χ1n) is 10.8. The molecule has 188 valence electrons. The smallest absolute Gasteiger partial charge is 0.325 e. The fourth-order valence-electron chi connectivity index (χ4n) is 3.08. The van der Waals surface area contributed by atoms with Gasteiger partial charge in [-0.05, 0) is 37.1 Å². The molecule has 1 heterocycles. The van der Waals surface area contributed by atoms with E-state index in [2.05, 4.69) is 10.0 Å². The third-order valence-corrected chi connectivity index (χ3v) is 6.39. The molecule has 0 aliphatic carbocycles. The molecule has 3 N–H and O–H groups in total. The number of fused-ring (bicyclic) bond motifs is 1. The first-order valence-corrected chi connectivity index (χ1v) is 12.3. The van der Waals surface area contributed by atoms with Gasteiger partial charge in [0.05, 0.1) is 4.90 Å². The van der Waals surface area contributed by atoms with Crippen LogP contribution in [-0.2, 0) is 24.3 Å². The molecule has 12 heteroatoms. The molecule has 2 aromatic rings. The van der Waals surface area contributed by atoms with E-state index in [1.54, 1.807) is 44.2 Å². The average molecular weight is 506 g/mol. The van der Waals surface area contributed by atoms with Gasteiger partial charge in [0.25, 0.3) is 5.91 Å². The molecule has 0 radical (unpaired) electrons. The molecule has 2 aromatic carbocycles. The number of carbonyl (C=O) groups is 3. The number of benzene rings is 2. The summed E-state index contributed by atoms with van der Waals surface area (Å²) in [6.07, 6.45) is 0. The van der Waals surface area contributed by atoms with Crippen LogP contribution < -0.4 is 24.8 Å². The Bertz CT molecular complexity index is 1200. The van der Waals surface area contributed by atoms with E-state index in [1.165, 1.54) is 12.1 Å². The number of nitrogens with one attached hydrogen (secondary N) is 3. The summed E-state index contributed by atoms with van der Waals surface area (Å²) in [5.74, 6) is -1.30. The molecular weight excluding hydrogens is 478 g/mol. The van der Waals surface area contributed by atoms with E-state index in [1.807, 2.05) is 12.2 Å². The highest BCUT2D eigenvalue weighted by atomic mass is 32.2.